The molecule has 4 heavy (non-hydrogen) atoms. The van der Waals surface area contributed by atoms with Crippen molar-refractivity contribution in [1.82, 2.24) is 0 Å². The van der Waals surface area contributed by atoms with E-state index in [2.05, 4.69) is 0 Å². The minimum Gasteiger partial charge on any atom is 0 e. The summed E-state index contributed by atoms with van der Waals surface area (Å²) < 4.78 is 0. The van der Waals surface area contributed by atoms with E-state index in [0.717, 1.165) is 0 Å². The van der Waals surface area contributed by atoms with Gasteiger partial charge in [-0.3, -0.25) is 0 Å². The number of hydrogen-bond acceptors (Lipinski definition) is 0. The number of rotatable bonds is 0. The Bertz CT molecular complexity index is 8.00. The van der Waals surface area contributed by atoms with Gasteiger partial charge in [-0.15, -0.1) is 0 Å². The van der Waals surface area contributed by atoms with E-state index in [1.807, 2.05) is 0 Å². The molecular weight excluding hydrogens is 129 g/mol. The molecule has 1 nitrogen and oxygen atoms in total. The van der Waals surface area contributed by atoms with Crippen LogP contribution in [-0.4, -0.2) is 24.3 Å². The molecule has 0 unspecified atom stereocenters. The van der Waals surface area contributed by atoms with E-state index in [1.54, 1.807) is 0 Å². The van der Waals surface area contributed by atoms with Crippen LogP contribution in [0.4, 0.5) is 0 Å². The number of hydrogen-bond donors (Lipinski definition) is 0. The van der Waals surface area contributed by atoms with E-state index >= 15 is 0 Å². The van der Waals surface area contributed by atoms with E-state index in [0.29, 0.717) is 0 Å². The van der Waals surface area contributed by atoms with E-state index in [9.17, 15) is 0 Å². The Morgan fingerprint density at radius 1 is 1.00 bits per heavy atom. The second-order valence-electron chi connectivity index (χ2n) is 0. The molecule has 0 fully saturated rings. The summed E-state index contributed by atoms with van der Waals surface area (Å²) in [4.78, 5) is 0. The Labute approximate surface area is 59.8 Å². The zero-order valence-corrected chi connectivity index (χ0v) is 3.90. The average Bonchev–Trinajstić information content (AvgIpc) is 0. The first-order chi connectivity index (χ1) is 0. The minimum atomic E-state index is 0. The smallest absolute Gasteiger partial charge is 0 e. The van der Waals surface area contributed by atoms with Crippen molar-refractivity contribution >= 4 is 18.9 Å². The Hall–Kier alpha value is 1.66. The van der Waals surface area contributed by atoms with Crippen molar-refractivity contribution in [1.29, 1.82) is 0 Å². The van der Waals surface area contributed by atoms with Gasteiger partial charge in [0.1, 0.15) is 0 Å². The van der Waals surface area contributed by atoms with Gasteiger partial charge in [-0.1, -0.05) is 0 Å². The van der Waals surface area contributed by atoms with Gasteiger partial charge < -0.3 is 5.48 Å². The van der Waals surface area contributed by atoms with Gasteiger partial charge in [0, 0.05) is 35.6 Å². The largest absolute Gasteiger partial charge is 0 e. The zero-order valence-electron chi connectivity index (χ0n) is 1.33. The molecule has 2 radical (unpaired) electrons. The summed E-state index contributed by atoms with van der Waals surface area (Å²) in [6.07, 6.45) is 0. The molecule has 0 saturated carbocycles. The molecule has 22 valence electrons. The standard InChI is InChI=1S/Li.Mn.H2O.V.H/h;;1H2;;. The molecule has 0 aromatic heterocycles. The van der Waals surface area contributed by atoms with Crippen LogP contribution in [0, 0.1) is 0 Å². The van der Waals surface area contributed by atoms with E-state index in [4.69, 9.17) is 0 Å². The van der Waals surface area contributed by atoms with Crippen molar-refractivity contribution in [3.05, 3.63) is 0 Å². The summed E-state index contributed by atoms with van der Waals surface area (Å²) in [5.74, 6) is 0. The first kappa shape index (κ1) is 44.6. The van der Waals surface area contributed by atoms with Gasteiger partial charge in [0.15, 0.2) is 0 Å². The summed E-state index contributed by atoms with van der Waals surface area (Å²) in [6.45, 7) is 0. The van der Waals surface area contributed by atoms with Crippen molar-refractivity contribution in [2.24, 2.45) is 0 Å². The molecular formula is H3LiMnOV. The topological polar surface area (TPSA) is 31.5 Å². The molecule has 0 saturated heterocycles. The van der Waals surface area contributed by atoms with Crippen molar-refractivity contribution in [2.45, 2.75) is 0 Å². The summed E-state index contributed by atoms with van der Waals surface area (Å²) in [7, 11) is 0. The minimum absolute atomic E-state index is 0. The average molecular weight is 132 g/mol. The zero-order chi connectivity index (χ0) is 0. The first-order valence-electron chi connectivity index (χ1n) is 0. The van der Waals surface area contributed by atoms with Gasteiger partial charge in [0.2, 0.25) is 0 Å². The molecule has 0 amide bonds. The third-order valence-electron chi connectivity index (χ3n) is 0. The van der Waals surface area contributed by atoms with Gasteiger partial charge in [-0.2, -0.15) is 0 Å². The molecule has 0 aromatic rings. The summed E-state index contributed by atoms with van der Waals surface area (Å²) >= 11 is 0. The SMILES string of the molecule is O.[LiH].[Mn].[V]. The predicted molar refractivity (Wildman–Crippen MR) is 10.8 cm³/mol. The molecule has 0 rings (SSSR count). The summed E-state index contributed by atoms with van der Waals surface area (Å²) in [5.41, 5.74) is 0. The van der Waals surface area contributed by atoms with Crippen LogP contribution < -0.4 is 0 Å². The van der Waals surface area contributed by atoms with E-state index < -0.39 is 0 Å². The van der Waals surface area contributed by atoms with Crippen LogP contribution in [0.25, 0.3) is 0 Å². The molecule has 0 atom stereocenters. The van der Waals surface area contributed by atoms with Crippen molar-refractivity contribution < 1.29 is 41.1 Å². The quantitative estimate of drug-likeness (QED) is 0.360. The van der Waals surface area contributed by atoms with Gasteiger partial charge in [-0.25, -0.2) is 0 Å². The Balaban J connectivity index is 0. The van der Waals surface area contributed by atoms with Crippen LogP contribution in [0.2, 0.25) is 0 Å². The van der Waals surface area contributed by atoms with E-state index in [-0.39, 0.29) is 60.0 Å². The molecule has 0 bridgehead atoms. The maximum atomic E-state index is 0. The van der Waals surface area contributed by atoms with Crippen LogP contribution in [0.5, 0.6) is 0 Å². The van der Waals surface area contributed by atoms with Crippen molar-refractivity contribution in [2.75, 3.05) is 0 Å². The Kier molecular flexibility index (Phi) is 252. The van der Waals surface area contributed by atoms with Crippen LogP contribution in [0.3, 0.4) is 0 Å². The molecule has 0 aliphatic carbocycles. The molecule has 4 heteroatoms. The normalized spacial score (nSPS) is 0. The summed E-state index contributed by atoms with van der Waals surface area (Å²) in [5, 5.41) is 0. The molecule has 2 N–H and O–H groups in total. The monoisotopic (exact) mass is 132 g/mol. The van der Waals surface area contributed by atoms with Gasteiger partial charge in [-0.05, 0) is 0 Å². The fraction of sp³-hybridized carbons (Fsp3) is 0. The van der Waals surface area contributed by atoms with Crippen LogP contribution in [0.15, 0.2) is 0 Å². The fourth-order valence-electron chi connectivity index (χ4n) is 0. The van der Waals surface area contributed by atoms with E-state index in [1.165, 1.54) is 0 Å². The maximum Gasteiger partial charge on any atom is 0 e. The molecule has 0 spiro atoms. The van der Waals surface area contributed by atoms with Gasteiger partial charge >= 0.3 is 18.9 Å². The van der Waals surface area contributed by atoms with Crippen LogP contribution in [-0.2, 0) is 35.6 Å². The summed E-state index contributed by atoms with van der Waals surface area (Å²) in [6, 6.07) is 0. The van der Waals surface area contributed by atoms with Crippen molar-refractivity contribution in [3.8, 4) is 0 Å². The Morgan fingerprint density at radius 3 is 1.00 bits per heavy atom. The third-order valence-corrected chi connectivity index (χ3v) is 0. The van der Waals surface area contributed by atoms with Gasteiger partial charge in [0.05, 0.1) is 0 Å². The van der Waals surface area contributed by atoms with Crippen LogP contribution >= 0.6 is 0 Å². The molecule has 0 aliphatic rings. The third kappa shape index (κ3) is 9.40. The molecule has 0 heterocycles. The fourth-order valence-corrected chi connectivity index (χ4v) is 0. The maximum absolute atomic E-state index is 0. The van der Waals surface area contributed by atoms with Gasteiger partial charge in [0.25, 0.3) is 0 Å². The molecule has 0 aromatic carbocycles. The second-order valence-corrected chi connectivity index (χ2v) is 0. The van der Waals surface area contributed by atoms with Crippen molar-refractivity contribution in [3.63, 3.8) is 0 Å². The first-order valence-corrected chi connectivity index (χ1v) is 0. The second kappa shape index (κ2) is 22.6. The van der Waals surface area contributed by atoms with Crippen LogP contribution in [0.1, 0.15) is 0 Å². The molecule has 0 aliphatic heterocycles. The Morgan fingerprint density at radius 2 is 1.00 bits per heavy atom. The predicted octanol–water partition coefficient (Wildman–Crippen LogP) is -1.48.